The summed E-state index contributed by atoms with van der Waals surface area (Å²) in [6.07, 6.45) is 17.5. The van der Waals surface area contributed by atoms with Crippen LogP contribution in [0, 0.1) is 5.41 Å². The molecule has 27 heavy (non-hydrogen) atoms. The highest BCUT2D eigenvalue weighted by Gasteiger charge is 2.26. The van der Waals surface area contributed by atoms with E-state index in [0.29, 0.717) is 0 Å². The van der Waals surface area contributed by atoms with Gasteiger partial charge < -0.3 is 0 Å². The van der Waals surface area contributed by atoms with Crippen molar-refractivity contribution in [3.05, 3.63) is 58.7 Å². The Labute approximate surface area is 164 Å². The Kier molecular flexibility index (Phi) is 9.13. The van der Waals surface area contributed by atoms with Crippen molar-refractivity contribution < 1.29 is 13.0 Å². The van der Waals surface area contributed by atoms with Crippen LogP contribution in [0.3, 0.4) is 0 Å². The van der Waals surface area contributed by atoms with E-state index >= 15 is 0 Å². The predicted molar refractivity (Wildman–Crippen MR) is 116 cm³/mol. The van der Waals surface area contributed by atoms with Crippen LogP contribution >= 0.6 is 0 Å². The van der Waals surface area contributed by atoms with Crippen molar-refractivity contribution in [1.82, 2.24) is 0 Å². The molecular formula is C22H33NO3S. The van der Waals surface area contributed by atoms with Crippen LogP contribution in [0.2, 0.25) is 0 Å². The van der Waals surface area contributed by atoms with E-state index in [1.54, 1.807) is 12.3 Å². The molecule has 0 atom stereocenters. The number of rotatable bonds is 8. The van der Waals surface area contributed by atoms with Gasteiger partial charge >= 0.3 is 0 Å². The summed E-state index contributed by atoms with van der Waals surface area (Å²) in [5.41, 5.74) is 5.40. The van der Waals surface area contributed by atoms with Crippen LogP contribution in [0.4, 0.5) is 0 Å². The van der Waals surface area contributed by atoms with Crippen LogP contribution in [-0.4, -0.2) is 31.5 Å². The highest BCUT2D eigenvalue weighted by molar-refractivity contribution is 7.85. The SMILES string of the molecule is CC1=C(/C=C/C(C)=C/C=C/C(C)=C/C=N/CCS(=O)(=O)O)C(C)(C)CCC1. The van der Waals surface area contributed by atoms with E-state index in [1.165, 1.54) is 36.0 Å². The van der Waals surface area contributed by atoms with E-state index < -0.39 is 10.1 Å². The minimum atomic E-state index is -3.94. The molecule has 1 aliphatic carbocycles. The van der Waals surface area contributed by atoms with Crippen molar-refractivity contribution >= 4 is 16.3 Å². The van der Waals surface area contributed by atoms with Gasteiger partial charge in [-0.05, 0) is 62.7 Å². The van der Waals surface area contributed by atoms with Gasteiger partial charge in [0.25, 0.3) is 10.1 Å². The lowest BCUT2D eigenvalue weighted by molar-refractivity contribution is 0.377. The van der Waals surface area contributed by atoms with E-state index in [-0.39, 0.29) is 17.7 Å². The van der Waals surface area contributed by atoms with E-state index in [1.807, 2.05) is 19.1 Å². The largest absolute Gasteiger partial charge is 0.292 e. The molecule has 0 heterocycles. The van der Waals surface area contributed by atoms with Gasteiger partial charge in [-0.25, -0.2) is 0 Å². The normalized spacial score (nSPS) is 19.8. The van der Waals surface area contributed by atoms with Crippen LogP contribution in [0.5, 0.6) is 0 Å². The molecule has 0 aliphatic heterocycles. The molecule has 0 saturated heterocycles. The fourth-order valence-electron chi connectivity index (χ4n) is 3.10. The second-order valence-corrected chi connectivity index (χ2v) is 9.36. The van der Waals surface area contributed by atoms with Crippen LogP contribution in [-0.2, 0) is 10.1 Å². The Balaban J connectivity index is 2.62. The number of hydrogen-bond acceptors (Lipinski definition) is 3. The summed E-state index contributed by atoms with van der Waals surface area (Å²) in [5.74, 6) is -0.354. The van der Waals surface area contributed by atoms with E-state index in [2.05, 4.69) is 50.9 Å². The van der Waals surface area contributed by atoms with Crippen molar-refractivity contribution in [1.29, 1.82) is 0 Å². The first-order chi connectivity index (χ1) is 12.5. The predicted octanol–water partition coefficient (Wildman–Crippen LogP) is 5.48. The zero-order chi connectivity index (χ0) is 20.5. The minimum Gasteiger partial charge on any atom is -0.292 e. The van der Waals surface area contributed by atoms with Gasteiger partial charge in [-0.15, -0.1) is 0 Å². The lowest BCUT2D eigenvalue weighted by Gasteiger charge is -2.32. The second kappa shape index (κ2) is 10.6. The first-order valence-electron chi connectivity index (χ1n) is 9.36. The molecule has 0 unspecified atom stereocenters. The fourth-order valence-corrected chi connectivity index (χ4v) is 3.44. The summed E-state index contributed by atoms with van der Waals surface area (Å²) in [6, 6.07) is 0. The quantitative estimate of drug-likeness (QED) is 0.338. The van der Waals surface area contributed by atoms with Crippen LogP contribution < -0.4 is 0 Å². The van der Waals surface area contributed by atoms with Gasteiger partial charge in [0.15, 0.2) is 0 Å². The molecule has 1 rings (SSSR count). The molecule has 150 valence electrons. The third kappa shape index (κ3) is 9.68. The van der Waals surface area contributed by atoms with Gasteiger partial charge in [-0.3, -0.25) is 9.55 Å². The first kappa shape index (κ1) is 23.3. The van der Waals surface area contributed by atoms with Crippen molar-refractivity contribution in [3.8, 4) is 0 Å². The lowest BCUT2D eigenvalue weighted by Crippen LogP contribution is -2.19. The van der Waals surface area contributed by atoms with Crippen molar-refractivity contribution in [2.24, 2.45) is 10.4 Å². The van der Waals surface area contributed by atoms with Gasteiger partial charge in [0.05, 0.1) is 12.3 Å². The highest BCUT2D eigenvalue weighted by atomic mass is 32.2. The smallest absolute Gasteiger partial charge is 0.266 e. The molecule has 1 N–H and O–H groups in total. The molecule has 4 nitrogen and oxygen atoms in total. The van der Waals surface area contributed by atoms with Gasteiger partial charge in [-0.2, -0.15) is 8.42 Å². The van der Waals surface area contributed by atoms with Crippen LogP contribution in [0.1, 0.15) is 53.9 Å². The maximum absolute atomic E-state index is 10.6. The Morgan fingerprint density at radius 2 is 1.85 bits per heavy atom. The summed E-state index contributed by atoms with van der Waals surface area (Å²) < 4.78 is 29.8. The molecule has 0 aromatic heterocycles. The third-order valence-electron chi connectivity index (χ3n) is 4.69. The molecule has 0 saturated carbocycles. The van der Waals surface area contributed by atoms with Crippen molar-refractivity contribution in [2.75, 3.05) is 12.3 Å². The Bertz CT molecular complexity index is 791. The summed E-state index contributed by atoms with van der Waals surface area (Å²) >= 11 is 0. The first-order valence-corrected chi connectivity index (χ1v) is 11.0. The number of aliphatic imine (C=N–C) groups is 1. The number of allylic oxidation sites excluding steroid dienone is 10. The second-order valence-electron chi connectivity index (χ2n) is 7.79. The lowest BCUT2D eigenvalue weighted by atomic mass is 9.72. The molecule has 0 spiro atoms. The Morgan fingerprint density at radius 3 is 2.48 bits per heavy atom. The molecule has 0 fully saturated rings. The average Bonchev–Trinajstić information content (AvgIpc) is 2.52. The van der Waals surface area contributed by atoms with Gasteiger partial charge in [0.2, 0.25) is 0 Å². The van der Waals surface area contributed by atoms with E-state index in [9.17, 15) is 8.42 Å². The topological polar surface area (TPSA) is 66.7 Å². The Morgan fingerprint density at radius 1 is 1.19 bits per heavy atom. The number of nitrogens with zero attached hydrogens (tertiary/aromatic N) is 1. The van der Waals surface area contributed by atoms with E-state index in [4.69, 9.17) is 4.55 Å². The average molecular weight is 392 g/mol. The third-order valence-corrected chi connectivity index (χ3v) is 5.39. The summed E-state index contributed by atoms with van der Waals surface area (Å²) in [7, 11) is -3.94. The molecule has 0 amide bonds. The minimum absolute atomic E-state index is 0.0573. The Hall–Kier alpha value is -1.72. The number of hydrogen-bond donors (Lipinski definition) is 1. The van der Waals surface area contributed by atoms with Gasteiger partial charge in [0, 0.05) is 6.21 Å². The van der Waals surface area contributed by atoms with Crippen molar-refractivity contribution in [3.63, 3.8) is 0 Å². The van der Waals surface area contributed by atoms with Crippen molar-refractivity contribution in [2.45, 2.75) is 53.9 Å². The zero-order valence-electron chi connectivity index (χ0n) is 17.2. The van der Waals surface area contributed by atoms with E-state index in [0.717, 1.165) is 5.57 Å². The molecule has 0 aromatic carbocycles. The van der Waals surface area contributed by atoms with Crippen LogP contribution in [0.25, 0.3) is 0 Å². The standard InChI is InChI=1S/C22H33NO3S/c1-18(11-12-21-20(3)10-7-14-22(21,4)5)8-6-9-19(2)13-15-23-16-17-27(24,25)26/h6,8-9,11-13,15H,7,10,14,16-17H2,1-5H3,(H,24,25,26)/b9-6+,12-11+,18-8+,19-13+,23-15+. The maximum Gasteiger partial charge on any atom is 0.266 e. The van der Waals surface area contributed by atoms with Gasteiger partial charge in [-0.1, -0.05) is 55.4 Å². The summed E-state index contributed by atoms with van der Waals surface area (Å²) in [6.45, 7) is 11.0. The van der Waals surface area contributed by atoms with Crippen LogP contribution in [0.15, 0.2) is 63.7 Å². The fraction of sp³-hybridized carbons (Fsp3) is 0.500. The van der Waals surface area contributed by atoms with Gasteiger partial charge in [0.1, 0.15) is 0 Å². The highest BCUT2D eigenvalue weighted by Crippen LogP contribution is 2.40. The monoisotopic (exact) mass is 391 g/mol. The molecular weight excluding hydrogens is 358 g/mol. The summed E-state index contributed by atoms with van der Waals surface area (Å²) in [4.78, 5) is 3.94. The maximum atomic E-state index is 10.6. The molecule has 0 bridgehead atoms. The molecule has 5 heteroatoms. The molecule has 0 radical (unpaired) electrons. The molecule has 1 aliphatic rings. The molecule has 0 aromatic rings. The summed E-state index contributed by atoms with van der Waals surface area (Å²) in [5, 5.41) is 0. The zero-order valence-corrected chi connectivity index (χ0v) is 18.0.